The highest BCUT2D eigenvalue weighted by molar-refractivity contribution is 6.00. The summed E-state index contributed by atoms with van der Waals surface area (Å²) in [6.07, 6.45) is 11.5. The zero-order valence-corrected chi connectivity index (χ0v) is 28.6. The number of hydrogen-bond donors (Lipinski definition) is 3. The van der Waals surface area contributed by atoms with E-state index in [4.69, 9.17) is 4.74 Å². The lowest BCUT2D eigenvalue weighted by Gasteiger charge is -2.37. The van der Waals surface area contributed by atoms with E-state index < -0.39 is 11.9 Å². The van der Waals surface area contributed by atoms with Crippen molar-refractivity contribution in [1.82, 2.24) is 35.1 Å². The van der Waals surface area contributed by atoms with Crippen molar-refractivity contribution < 1.29 is 14.3 Å². The van der Waals surface area contributed by atoms with Crippen LogP contribution >= 0.6 is 0 Å². The Morgan fingerprint density at radius 2 is 1.87 bits per heavy atom. The molecule has 1 aromatic heterocycles. The smallest absolute Gasteiger partial charge is 0.329 e. The minimum absolute atomic E-state index is 0.226. The number of nitrogens with one attached hydrogen (secondary N) is 3. The summed E-state index contributed by atoms with van der Waals surface area (Å²) in [4.78, 5) is 42.2. The van der Waals surface area contributed by atoms with Gasteiger partial charge in [-0.3, -0.25) is 39.8 Å². The first-order chi connectivity index (χ1) is 22.2. The molecular formula is C35H57N7O4. The molecule has 3 heterocycles. The number of amides is 2. The first kappa shape index (κ1) is 34.8. The van der Waals surface area contributed by atoms with Crippen LogP contribution in [0.25, 0.3) is 11.0 Å². The van der Waals surface area contributed by atoms with Crippen molar-refractivity contribution in [3.8, 4) is 0 Å². The summed E-state index contributed by atoms with van der Waals surface area (Å²) in [5, 5.41) is 2.38. The lowest BCUT2D eigenvalue weighted by Crippen LogP contribution is -2.49. The van der Waals surface area contributed by atoms with Gasteiger partial charge in [0.2, 0.25) is 11.8 Å². The van der Waals surface area contributed by atoms with Gasteiger partial charge in [-0.25, -0.2) is 4.79 Å². The Balaban J connectivity index is 1.04. The van der Waals surface area contributed by atoms with Crippen LogP contribution in [0.15, 0.2) is 23.0 Å². The summed E-state index contributed by atoms with van der Waals surface area (Å²) >= 11 is 0. The number of fused-ring (bicyclic) bond motifs is 1. The molecule has 3 atom stereocenters. The first-order valence-corrected chi connectivity index (χ1v) is 17.8. The van der Waals surface area contributed by atoms with Crippen LogP contribution in [0.3, 0.4) is 0 Å². The van der Waals surface area contributed by atoms with E-state index in [-0.39, 0.29) is 24.1 Å². The van der Waals surface area contributed by atoms with Crippen molar-refractivity contribution in [3.63, 3.8) is 0 Å². The summed E-state index contributed by atoms with van der Waals surface area (Å²) in [5.41, 5.74) is 9.73. The second kappa shape index (κ2) is 16.5. The Morgan fingerprint density at radius 3 is 2.61 bits per heavy atom. The van der Waals surface area contributed by atoms with Crippen LogP contribution in [0.2, 0.25) is 0 Å². The zero-order chi connectivity index (χ0) is 32.6. The number of benzene rings is 1. The average molecular weight is 640 g/mol. The van der Waals surface area contributed by atoms with Crippen LogP contribution < -0.4 is 21.9 Å². The van der Waals surface area contributed by atoms with Gasteiger partial charge in [-0.15, -0.1) is 0 Å². The molecule has 0 radical (unpaired) electrons. The number of imide groups is 1. The Labute approximate surface area is 274 Å². The number of imidazole rings is 1. The Kier molecular flexibility index (Phi) is 12.5. The number of aromatic nitrogens is 2. The molecule has 2 aromatic rings. The van der Waals surface area contributed by atoms with Crippen LogP contribution in [-0.2, 0) is 27.8 Å². The molecule has 3 aliphatic rings. The van der Waals surface area contributed by atoms with Gasteiger partial charge in [-0.1, -0.05) is 26.3 Å². The van der Waals surface area contributed by atoms with E-state index >= 15 is 0 Å². The summed E-state index contributed by atoms with van der Waals surface area (Å²) in [6.45, 7) is 10.4. The highest BCUT2D eigenvalue weighted by atomic mass is 16.5. The number of rotatable bonds is 15. The molecule has 2 unspecified atom stereocenters. The van der Waals surface area contributed by atoms with E-state index in [2.05, 4.69) is 59.0 Å². The third-order valence-electron chi connectivity index (χ3n) is 10.4. The molecule has 11 nitrogen and oxygen atoms in total. The van der Waals surface area contributed by atoms with Crippen molar-refractivity contribution in [3.05, 3.63) is 34.2 Å². The van der Waals surface area contributed by atoms with Gasteiger partial charge >= 0.3 is 5.69 Å². The molecule has 2 aliphatic heterocycles. The average Bonchev–Trinajstić information content (AvgIpc) is 3.28. The zero-order valence-electron chi connectivity index (χ0n) is 28.6. The second-order valence-corrected chi connectivity index (χ2v) is 14.0. The first-order valence-electron chi connectivity index (χ1n) is 17.8. The van der Waals surface area contributed by atoms with Crippen LogP contribution in [0.1, 0.15) is 89.7 Å². The highest BCUT2D eigenvalue weighted by Gasteiger charge is 2.31. The van der Waals surface area contributed by atoms with Gasteiger partial charge in [-0.05, 0) is 95.0 Å². The number of morpholine rings is 1. The number of carbonyl (C=O) groups is 2. The fourth-order valence-electron chi connectivity index (χ4n) is 7.71. The molecule has 1 aromatic carbocycles. The van der Waals surface area contributed by atoms with Gasteiger partial charge in [0.1, 0.15) is 6.04 Å². The van der Waals surface area contributed by atoms with Gasteiger partial charge < -0.3 is 9.64 Å². The van der Waals surface area contributed by atoms with Gasteiger partial charge in [-0.2, -0.15) is 0 Å². The van der Waals surface area contributed by atoms with Crippen LogP contribution in [0.4, 0.5) is 0 Å². The van der Waals surface area contributed by atoms with Crippen molar-refractivity contribution in [2.45, 2.75) is 109 Å². The summed E-state index contributed by atoms with van der Waals surface area (Å²) < 4.78 is 9.35. The summed E-state index contributed by atoms with van der Waals surface area (Å²) in [7, 11) is 4.00. The van der Waals surface area contributed by atoms with E-state index in [9.17, 15) is 14.4 Å². The quantitative estimate of drug-likeness (QED) is 0.201. The molecule has 256 valence electrons. The fraction of sp³-hybridized carbons (Fsp3) is 0.743. The molecule has 0 bridgehead atoms. The topological polar surface area (TPSA) is 113 Å². The molecule has 1 saturated carbocycles. The van der Waals surface area contributed by atoms with Crippen molar-refractivity contribution >= 4 is 22.8 Å². The number of aryl methyl sites for hydroxylation is 2. The number of piperidine rings is 1. The van der Waals surface area contributed by atoms with E-state index in [1.807, 2.05) is 6.07 Å². The Morgan fingerprint density at radius 1 is 1.07 bits per heavy atom. The molecular weight excluding hydrogens is 582 g/mol. The maximum atomic E-state index is 13.1. The van der Waals surface area contributed by atoms with Gasteiger partial charge in [0.25, 0.3) is 0 Å². The minimum atomic E-state index is -0.656. The van der Waals surface area contributed by atoms with Gasteiger partial charge in [0.15, 0.2) is 0 Å². The van der Waals surface area contributed by atoms with Gasteiger partial charge in [0, 0.05) is 51.7 Å². The number of ether oxygens (including phenoxy) is 1. The number of carbonyl (C=O) groups excluding carboxylic acids is 2. The maximum Gasteiger partial charge on any atom is 0.329 e. The third-order valence-corrected chi connectivity index (χ3v) is 10.4. The van der Waals surface area contributed by atoms with E-state index in [1.165, 1.54) is 50.5 Å². The van der Waals surface area contributed by atoms with Crippen molar-refractivity contribution in [2.75, 3.05) is 46.4 Å². The monoisotopic (exact) mass is 639 g/mol. The van der Waals surface area contributed by atoms with Gasteiger partial charge in [0.05, 0.1) is 23.7 Å². The van der Waals surface area contributed by atoms with E-state index in [0.717, 1.165) is 69.1 Å². The van der Waals surface area contributed by atoms with Crippen molar-refractivity contribution in [2.24, 2.45) is 13.0 Å². The van der Waals surface area contributed by atoms with Crippen LogP contribution in [-0.4, -0.2) is 95.3 Å². The molecule has 0 spiro atoms. The largest absolute Gasteiger partial charge is 0.374 e. The predicted octanol–water partition coefficient (Wildman–Crippen LogP) is 3.11. The number of likely N-dealkylation sites (N-methyl/N-ethyl adjacent to an activating group) is 1. The highest BCUT2D eigenvalue weighted by Crippen LogP contribution is 2.26. The Bertz CT molecular complexity index is 1360. The molecule has 2 amide bonds. The number of hydrazine groups is 1. The fourth-order valence-corrected chi connectivity index (χ4v) is 7.71. The number of nitrogens with zero attached hydrogens (tertiary/aromatic N) is 4. The second-order valence-electron chi connectivity index (χ2n) is 14.0. The molecule has 3 fully saturated rings. The van der Waals surface area contributed by atoms with E-state index in [1.54, 1.807) is 16.2 Å². The molecule has 1 aliphatic carbocycles. The van der Waals surface area contributed by atoms with Crippen molar-refractivity contribution in [1.29, 1.82) is 0 Å². The molecule has 46 heavy (non-hydrogen) atoms. The summed E-state index contributed by atoms with van der Waals surface area (Å²) in [5.74, 6) is 0.0801. The van der Waals surface area contributed by atoms with E-state index in [0.29, 0.717) is 18.5 Å². The van der Waals surface area contributed by atoms with Crippen LogP contribution in [0, 0.1) is 5.92 Å². The maximum absolute atomic E-state index is 13.1. The lowest BCUT2D eigenvalue weighted by molar-refractivity contribution is -0.135. The summed E-state index contributed by atoms with van der Waals surface area (Å²) in [6, 6.07) is 6.61. The molecule has 11 heteroatoms. The third kappa shape index (κ3) is 8.86. The van der Waals surface area contributed by atoms with Crippen LogP contribution in [0.5, 0.6) is 0 Å². The minimum Gasteiger partial charge on any atom is -0.374 e. The lowest BCUT2D eigenvalue weighted by atomic mass is 9.86. The standard InChI is InChI=1S/C35H57N7O4/c1-5-8-27(6-2)37-38-28-13-10-26(11-14-28)22-39(3)23-29-24-41(19-20-46-29)18-7-9-25-12-15-30-32(21-25)40(4)35(45)42(30)31-16-17-33(43)36-34(31)44/h12,15,21,26-29,31,37-38H,5-11,13-14,16-20,22-24H2,1-4H3,(H,36,43,44)/t26-,27?,28-,29-,31?/m1/s1. The number of hydrogen-bond acceptors (Lipinski definition) is 8. The Hall–Kier alpha value is -2.57. The normalized spacial score (nSPS) is 25.3. The molecule has 5 rings (SSSR count). The SMILES string of the molecule is CCCC(CC)NN[C@H]1CC[C@H](CN(C)C[C@@H]2CN(CCCc3ccc4c(c3)n(C)c(=O)n4C3CCC(=O)NC3=O)CCO2)CC1. The molecule has 3 N–H and O–H groups in total. The molecule has 2 saturated heterocycles. The predicted molar refractivity (Wildman–Crippen MR) is 182 cm³/mol.